The van der Waals surface area contributed by atoms with Gasteiger partial charge in [0, 0.05) is 24.8 Å². The van der Waals surface area contributed by atoms with Crippen LogP contribution in [0, 0.1) is 5.41 Å². The number of carbonyl (C=O) groups excluding carboxylic acids is 1. The van der Waals surface area contributed by atoms with Crippen LogP contribution in [-0.4, -0.2) is 44.6 Å². The molecule has 0 saturated carbocycles. The maximum absolute atomic E-state index is 12.5. The zero-order chi connectivity index (χ0) is 15.7. The summed E-state index contributed by atoms with van der Waals surface area (Å²) in [5.41, 5.74) is 0.941. The number of carboxylic acids is 1. The lowest BCUT2D eigenvalue weighted by Crippen LogP contribution is -2.48. The van der Waals surface area contributed by atoms with E-state index in [0.717, 1.165) is 17.5 Å². The van der Waals surface area contributed by atoms with Crippen molar-refractivity contribution in [2.45, 2.75) is 26.2 Å². The fraction of sp³-hybridized carbons (Fsp3) is 0.438. The normalized spacial score (nSPS) is 22.0. The molecule has 0 aromatic carbocycles. The molecule has 2 aromatic rings. The van der Waals surface area contributed by atoms with E-state index in [2.05, 4.69) is 5.10 Å². The Kier molecular flexibility index (Phi) is 3.60. The van der Waals surface area contributed by atoms with Gasteiger partial charge in [-0.3, -0.25) is 9.59 Å². The molecule has 0 radical (unpaired) electrons. The molecule has 1 aliphatic heterocycles. The Bertz CT molecular complexity index is 724. The molecule has 6 heteroatoms. The van der Waals surface area contributed by atoms with Crippen molar-refractivity contribution in [3.8, 4) is 0 Å². The number of pyridine rings is 1. The maximum Gasteiger partial charge on any atom is 0.311 e. The van der Waals surface area contributed by atoms with Gasteiger partial charge in [-0.05, 0) is 31.9 Å². The fourth-order valence-corrected chi connectivity index (χ4v) is 3.03. The minimum atomic E-state index is -0.838. The molecule has 1 amide bonds. The summed E-state index contributed by atoms with van der Waals surface area (Å²) < 4.78 is 1.74. The Morgan fingerprint density at radius 2 is 2.23 bits per heavy atom. The minimum absolute atomic E-state index is 0.0362. The van der Waals surface area contributed by atoms with Crippen molar-refractivity contribution >= 4 is 17.4 Å². The summed E-state index contributed by atoms with van der Waals surface area (Å²) in [4.78, 5) is 25.6. The largest absolute Gasteiger partial charge is 0.481 e. The Hall–Kier alpha value is -2.37. The lowest BCUT2D eigenvalue weighted by molar-refractivity contribution is -0.153. The van der Waals surface area contributed by atoms with Crippen LogP contribution in [0.4, 0.5) is 0 Å². The van der Waals surface area contributed by atoms with E-state index in [-0.39, 0.29) is 18.9 Å². The molecule has 1 fully saturated rings. The highest BCUT2D eigenvalue weighted by Crippen LogP contribution is 2.30. The number of hydrogen-bond acceptors (Lipinski definition) is 3. The number of aliphatic carboxylic acids is 1. The van der Waals surface area contributed by atoms with E-state index in [0.29, 0.717) is 13.0 Å². The molecule has 1 saturated heterocycles. The molecule has 2 aromatic heterocycles. The predicted octanol–water partition coefficient (Wildman–Crippen LogP) is 1.59. The van der Waals surface area contributed by atoms with Gasteiger partial charge < -0.3 is 10.0 Å². The van der Waals surface area contributed by atoms with Crippen molar-refractivity contribution in [2.75, 3.05) is 13.1 Å². The first-order valence-electron chi connectivity index (χ1n) is 7.42. The molecule has 1 atom stereocenters. The average Bonchev–Trinajstić information content (AvgIpc) is 2.90. The molecular weight excluding hydrogens is 282 g/mol. The van der Waals surface area contributed by atoms with Crippen molar-refractivity contribution in [1.82, 2.24) is 14.5 Å². The number of amides is 1. The summed E-state index contributed by atoms with van der Waals surface area (Å²) in [5, 5.41) is 13.6. The number of rotatable bonds is 3. The molecule has 3 rings (SSSR count). The van der Waals surface area contributed by atoms with Gasteiger partial charge in [-0.1, -0.05) is 6.07 Å². The number of carboxylic acid groups (broad SMARTS) is 1. The second-order valence-electron chi connectivity index (χ2n) is 6.16. The number of aromatic nitrogens is 2. The highest BCUT2D eigenvalue weighted by molar-refractivity contribution is 5.82. The summed E-state index contributed by atoms with van der Waals surface area (Å²) in [5.74, 6) is -0.869. The molecule has 22 heavy (non-hydrogen) atoms. The molecule has 1 N–H and O–H groups in total. The van der Waals surface area contributed by atoms with E-state index in [1.165, 1.54) is 0 Å². The van der Waals surface area contributed by atoms with Crippen molar-refractivity contribution in [3.63, 3.8) is 0 Å². The third-order valence-electron chi connectivity index (χ3n) is 4.41. The predicted molar refractivity (Wildman–Crippen MR) is 80.5 cm³/mol. The molecule has 0 spiro atoms. The van der Waals surface area contributed by atoms with Gasteiger partial charge in [0.1, 0.15) is 0 Å². The number of piperidine rings is 1. The second-order valence-corrected chi connectivity index (χ2v) is 6.16. The monoisotopic (exact) mass is 301 g/mol. The molecule has 0 bridgehead atoms. The standard InChI is InChI=1S/C16H19N3O3/c1-16(15(21)22)6-4-7-18(11-16)14(20)9-12-10-17-19-8-3-2-5-13(12)19/h2-3,5,8,10H,4,6-7,9,11H2,1H3,(H,21,22). The van der Waals surface area contributed by atoms with Crippen molar-refractivity contribution < 1.29 is 14.7 Å². The number of fused-ring (bicyclic) bond motifs is 1. The van der Waals surface area contributed by atoms with Crippen LogP contribution in [0.1, 0.15) is 25.3 Å². The molecule has 6 nitrogen and oxygen atoms in total. The number of likely N-dealkylation sites (tertiary alicyclic amines) is 1. The van der Waals surface area contributed by atoms with Crippen molar-refractivity contribution in [2.24, 2.45) is 5.41 Å². The van der Waals surface area contributed by atoms with Gasteiger partial charge in [-0.25, -0.2) is 4.52 Å². The molecular formula is C16H19N3O3. The Morgan fingerprint density at radius 1 is 1.41 bits per heavy atom. The Balaban J connectivity index is 1.76. The van der Waals surface area contributed by atoms with E-state index in [1.54, 1.807) is 22.5 Å². The van der Waals surface area contributed by atoms with Gasteiger partial charge in [0.15, 0.2) is 0 Å². The molecule has 3 heterocycles. The summed E-state index contributed by atoms with van der Waals surface area (Å²) in [6.45, 7) is 2.62. The van der Waals surface area contributed by atoms with Crippen LogP contribution in [-0.2, 0) is 16.0 Å². The number of carbonyl (C=O) groups is 2. The van der Waals surface area contributed by atoms with Crippen LogP contribution >= 0.6 is 0 Å². The second kappa shape index (κ2) is 5.44. The Labute approximate surface area is 128 Å². The summed E-state index contributed by atoms with van der Waals surface area (Å²) in [6.07, 6.45) is 5.13. The van der Waals surface area contributed by atoms with E-state index in [9.17, 15) is 14.7 Å². The molecule has 1 aliphatic rings. The zero-order valence-electron chi connectivity index (χ0n) is 12.5. The Morgan fingerprint density at radius 3 is 3.00 bits per heavy atom. The molecule has 0 aliphatic carbocycles. The van der Waals surface area contributed by atoms with E-state index in [4.69, 9.17) is 0 Å². The fourth-order valence-electron chi connectivity index (χ4n) is 3.03. The summed E-state index contributed by atoms with van der Waals surface area (Å²) >= 11 is 0. The van der Waals surface area contributed by atoms with Crippen LogP contribution < -0.4 is 0 Å². The first-order valence-corrected chi connectivity index (χ1v) is 7.42. The van der Waals surface area contributed by atoms with E-state index < -0.39 is 11.4 Å². The van der Waals surface area contributed by atoms with Gasteiger partial charge in [0.2, 0.25) is 5.91 Å². The van der Waals surface area contributed by atoms with Gasteiger partial charge in [0.25, 0.3) is 0 Å². The van der Waals surface area contributed by atoms with Crippen LogP contribution in [0.2, 0.25) is 0 Å². The van der Waals surface area contributed by atoms with Crippen LogP contribution in [0.25, 0.3) is 5.52 Å². The molecule has 1 unspecified atom stereocenters. The lowest BCUT2D eigenvalue weighted by Gasteiger charge is -2.37. The van der Waals surface area contributed by atoms with Crippen molar-refractivity contribution in [3.05, 3.63) is 36.2 Å². The van der Waals surface area contributed by atoms with E-state index in [1.807, 2.05) is 24.4 Å². The van der Waals surface area contributed by atoms with Gasteiger partial charge in [-0.15, -0.1) is 0 Å². The molecule has 116 valence electrons. The SMILES string of the molecule is CC1(C(=O)O)CCCN(C(=O)Cc2cnn3ccccc23)C1. The lowest BCUT2D eigenvalue weighted by atomic mass is 9.82. The highest BCUT2D eigenvalue weighted by atomic mass is 16.4. The minimum Gasteiger partial charge on any atom is -0.481 e. The third-order valence-corrected chi connectivity index (χ3v) is 4.41. The smallest absolute Gasteiger partial charge is 0.311 e. The van der Waals surface area contributed by atoms with Crippen LogP contribution in [0.5, 0.6) is 0 Å². The zero-order valence-corrected chi connectivity index (χ0v) is 12.5. The van der Waals surface area contributed by atoms with E-state index >= 15 is 0 Å². The summed E-state index contributed by atoms with van der Waals surface area (Å²) in [6, 6.07) is 5.72. The van der Waals surface area contributed by atoms with Crippen molar-refractivity contribution in [1.29, 1.82) is 0 Å². The van der Waals surface area contributed by atoms with Gasteiger partial charge in [-0.2, -0.15) is 5.10 Å². The van der Waals surface area contributed by atoms with Crippen LogP contribution in [0.3, 0.4) is 0 Å². The maximum atomic E-state index is 12.5. The number of hydrogen-bond donors (Lipinski definition) is 1. The third kappa shape index (κ3) is 2.56. The quantitative estimate of drug-likeness (QED) is 0.934. The topological polar surface area (TPSA) is 74.9 Å². The average molecular weight is 301 g/mol. The first kappa shape index (κ1) is 14.6. The first-order chi connectivity index (χ1) is 10.5. The highest BCUT2D eigenvalue weighted by Gasteiger charge is 2.39. The summed E-state index contributed by atoms with van der Waals surface area (Å²) in [7, 11) is 0. The van der Waals surface area contributed by atoms with Gasteiger partial charge >= 0.3 is 5.97 Å². The van der Waals surface area contributed by atoms with Crippen LogP contribution in [0.15, 0.2) is 30.6 Å². The number of nitrogens with zero attached hydrogens (tertiary/aromatic N) is 3. The van der Waals surface area contributed by atoms with Gasteiger partial charge in [0.05, 0.1) is 23.5 Å².